The van der Waals surface area contributed by atoms with Gasteiger partial charge in [0.05, 0.1) is 12.8 Å². The number of ether oxygens (including phenoxy) is 2. The third-order valence-corrected chi connectivity index (χ3v) is 5.34. The molecule has 1 heterocycles. The number of benzene rings is 1. The molecule has 0 aliphatic heterocycles. The molecular weight excluding hydrogens is 390 g/mol. The summed E-state index contributed by atoms with van der Waals surface area (Å²) >= 11 is 1.35. The molecule has 0 saturated carbocycles. The first-order valence-electron chi connectivity index (χ1n) is 9.28. The van der Waals surface area contributed by atoms with Crippen molar-refractivity contribution in [1.29, 1.82) is 0 Å². The number of carbonyl (C=O) groups excluding carboxylic acids is 2. The van der Waals surface area contributed by atoms with Gasteiger partial charge in [-0.25, -0.2) is 19.6 Å². The first kappa shape index (κ1) is 22.7. The topological polar surface area (TPSA) is 90.4 Å². The number of esters is 1. The SMILES string of the molecule is CCC(C)(C)c1cnc(SC)nc1C(NC(=O)OCc1ccccc1)C(=O)OC. The molecule has 156 valence electrons. The van der Waals surface area contributed by atoms with Crippen molar-refractivity contribution in [1.82, 2.24) is 15.3 Å². The van der Waals surface area contributed by atoms with Crippen LogP contribution in [-0.4, -0.2) is 35.4 Å². The molecule has 1 unspecified atom stereocenters. The van der Waals surface area contributed by atoms with Crippen molar-refractivity contribution in [3.63, 3.8) is 0 Å². The number of hydrogen-bond acceptors (Lipinski definition) is 7. The van der Waals surface area contributed by atoms with Crippen LogP contribution in [0.25, 0.3) is 0 Å². The first-order valence-corrected chi connectivity index (χ1v) is 10.5. The van der Waals surface area contributed by atoms with E-state index in [1.165, 1.54) is 18.9 Å². The van der Waals surface area contributed by atoms with E-state index >= 15 is 0 Å². The smallest absolute Gasteiger partial charge is 0.408 e. The molecule has 1 N–H and O–H groups in total. The molecule has 0 saturated heterocycles. The second kappa shape index (κ2) is 10.2. The average Bonchev–Trinajstić information content (AvgIpc) is 2.75. The lowest BCUT2D eigenvalue weighted by atomic mass is 9.81. The Hall–Kier alpha value is -2.61. The van der Waals surface area contributed by atoms with Gasteiger partial charge in [0, 0.05) is 11.8 Å². The Morgan fingerprint density at radius 1 is 1.24 bits per heavy atom. The highest BCUT2D eigenvalue weighted by Gasteiger charge is 2.33. The predicted molar refractivity (Wildman–Crippen MR) is 112 cm³/mol. The van der Waals surface area contributed by atoms with Crippen LogP contribution < -0.4 is 5.32 Å². The number of methoxy groups -OCH3 is 1. The van der Waals surface area contributed by atoms with Crippen LogP contribution in [0.15, 0.2) is 41.7 Å². The molecular formula is C21H27N3O4S. The molecule has 0 bridgehead atoms. The van der Waals surface area contributed by atoms with Gasteiger partial charge in [0.15, 0.2) is 11.2 Å². The number of amides is 1. The number of thioether (sulfide) groups is 1. The van der Waals surface area contributed by atoms with Crippen LogP contribution in [0.4, 0.5) is 4.79 Å². The summed E-state index contributed by atoms with van der Waals surface area (Å²) in [4.78, 5) is 33.8. The first-order chi connectivity index (χ1) is 13.8. The lowest BCUT2D eigenvalue weighted by Gasteiger charge is -2.28. The average molecular weight is 418 g/mol. The Balaban J connectivity index is 2.32. The van der Waals surface area contributed by atoms with Gasteiger partial charge in [0.2, 0.25) is 0 Å². The molecule has 1 amide bonds. The second-order valence-electron chi connectivity index (χ2n) is 7.06. The molecule has 1 aromatic heterocycles. The van der Waals surface area contributed by atoms with E-state index < -0.39 is 18.1 Å². The minimum atomic E-state index is -1.10. The fraction of sp³-hybridized carbons (Fsp3) is 0.429. The van der Waals surface area contributed by atoms with Crippen LogP contribution in [0.2, 0.25) is 0 Å². The molecule has 0 aliphatic rings. The van der Waals surface area contributed by atoms with Gasteiger partial charge in [-0.3, -0.25) is 0 Å². The number of hydrogen-bond donors (Lipinski definition) is 1. The molecule has 0 fully saturated rings. The Morgan fingerprint density at radius 2 is 1.93 bits per heavy atom. The van der Waals surface area contributed by atoms with Crippen molar-refractivity contribution < 1.29 is 19.1 Å². The van der Waals surface area contributed by atoms with Gasteiger partial charge in [-0.05, 0) is 23.7 Å². The van der Waals surface area contributed by atoms with Crippen molar-refractivity contribution in [2.75, 3.05) is 13.4 Å². The lowest BCUT2D eigenvalue weighted by molar-refractivity contribution is -0.143. The van der Waals surface area contributed by atoms with Crippen LogP contribution in [0.3, 0.4) is 0 Å². The molecule has 29 heavy (non-hydrogen) atoms. The van der Waals surface area contributed by atoms with Crippen molar-refractivity contribution in [2.24, 2.45) is 0 Å². The van der Waals surface area contributed by atoms with E-state index in [1.54, 1.807) is 6.20 Å². The summed E-state index contributed by atoms with van der Waals surface area (Å²) in [7, 11) is 1.27. The highest BCUT2D eigenvalue weighted by atomic mass is 32.2. The zero-order chi connectivity index (χ0) is 21.4. The summed E-state index contributed by atoms with van der Waals surface area (Å²) in [5.74, 6) is -0.624. The summed E-state index contributed by atoms with van der Waals surface area (Å²) in [5, 5.41) is 3.11. The van der Waals surface area contributed by atoms with E-state index in [-0.39, 0.29) is 12.0 Å². The summed E-state index contributed by atoms with van der Waals surface area (Å²) in [6, 6.07) is 8.20. The molecule has 8 heteroatoms. The highest BCUT2D eigenvalue weighted by molar-refractivity contribution is 7.98. The molecule has 1 atom stereocenters. The quantitative estimate of drug-likeness (QED) is 0.394. The van der Waals surface area contributed by atoms with Gasteiger partial charge < -0.3 is 14.8 Å². The predicted octanol–water partition coefficient (Wildman–Crippen LogP) is 4.03. The van der Waals surface area contributed by atoms with E-state index in [0.29, 0.717) is 10.9 Å². The van der Waals surface area contributed by atoms with Crippen molar-refractivity contribution in [2.45, 2.75) is 50.4 Å². The normalized spacial score (nSPS) is 12.2. The lowest BCUT2D eigenvalue weighted by Crippen LogP contribution is -2.37. The summed E-state index contributed by atoms with van der Waals surface area (Å²) in [5.41, 5.74) is 1.74. The monoisotopic (exact) mass is 417 g/mol. The summed E-state index contributed by atoms with van der Waals surface area (Å²) in [6.45, 7) is 6.21. The Bertz CT molecular complexity index is 843. The highest BCUT2D eigenvalue weighted by Crippen LogP contribution is 2.32. The largest absolute Gasteiger partial charge is 0.467 e. The van der Waals surface area contributed by atoms with E-state index in [4.69, 9.17) is 9.47 Å². The van der Waals surface area contributed by atoms with E-state index in [2.05, 4.69) is 15.3 Å². The van der Waals surface area contributed by atoms with Crippen LogP contribution in [-0.2, 0) is 26.3 Å². The van der Waals surface area contributed by atoms with Gasteiger partial charge in [-0.15, -0.1) is 0 Å². The van der Waals surface area contributed by atoms with Crippen LogP contribution in [0.5, 0.6) is 0 Å². The zero-order valence-electron chi connectivity index (χ0n) is 17.4. The Labute approximate surface area is 175 Å². The zero-order valence-corrected chi connectivity index (χ0v) is 18.2. The molecule has 0 radical (unpaired) electrons. The Kier molecular flexibility index (Phi) is 8.01. The molecule has 0 aliphatic carbocycles. The van der Waals surface area contributed by atoms with Gasteiger partial charge in [0.1, 0.15) is 6.61 Å². The second-order valence-corrected chi connectivity index (χ2v) is 7.83. The maximum atomic E-state index is 12.5. The molecule has 1 aromatic carbocycles. The van der Waals surface area contributed by atoms with Crippen LogP contribution in [0, 0.1) is 0 Å². The maximum absolute atomic E-state index is 12.5. The van der Waals surface area contributed by atoms with Gasteiger partial charge in [0.25, 0.3) is 0 Å². The van der Waals surface area contributed by atoms with Crippen LogP contribution >= 0.6 is 11.8 Å². The van der Waals surface area contributed by atoms with Crippen molar-refractivity contribution >= 4 is 23.8 Å². The van der Waals surface area contributed by atoms with Gasteiger partial charge in [-0.1, -0.05) is 62.9 Å². The van der Waals surface area contributed by atoms with E-state index in [9.17, 15) is 9.59 Å². The third kappa shape index (κ3) is 5.93. The number of rotatable bonds is 8. The van der Waals surface area contributed by atoms with E-state index in [1.807, 2.05) is 57.4 Å². The number of nitrogens with zero attached hydrogens (tertiary/aromatic N) is 2. The minimum absolute atomic E-state index is 0.0910. The fourth-order valence-electron chi connectivity index (χ4n) is 2.65. The van der Waals surface area contributed by atoms with Crippen molar-refractivity contribution in [3.05, 3.63) is 53.3 Å². The number of nitrogens with one attached hydrogen (secondary N) is 1. The third-order valence-electron chi connectivity index (χ3n) is 4.78. The fourth-order valence-corrected chi connectivity index (χ4v) is 3.00. The number of aromatic nitrogens is 2. The number of alkyl carbamates (subject to hydrolysis) is 1. The van der Waals surface area contributed by atoms with Gasteiger partial charge in [-0.2, -0.15) is 0 Å². The minimum Gasteiger partial charge on any atom is -0.467 e. The van der Waals surface area contributed by atoms with E-state index in [0.717, 1.165) is 17.5 Å². The summed E-state index contributed by atoms with van der Waals surface area (Å²) in [6.07, 6.45) is 3.63. The van der Waals surface area contributed by atoms with Gasteiger partial charge >= 0.3 is 12.1 Å². The standard InChI is InChI=1S/C21H27N3O4S/c1-6-21(2,3)15-12-22-19(29-5)23-16(15)17(18(25)27-4)24-20(26)28-13-14-10-8-7-9-11-14/h7-12,17H,6,13H2,1-5H3,(H,24,26). The maximum Gasteiger partial charge on any atom is 0.408 e. The molecule has 0 spiro atoms. The van der Waals surface area contributed by atoms with Crippen molar-refractivity contribution in [3.8, 4) is 0 Å². The molecule has 7 nitrogen and oxygen atoms in total. The number of carbonyl (C=O) groups is 2. The van der Waals surface area contributed by atoms with Crippen LogP contribution in [0.1, 0.15) is 50.1 Å². The Morgan fingerprint density at radius 3 is 2.52 bits per heavy atom. The molecule has 2 aromatic rings. The molecule has 2 rings (SSSR count). The summed E-state index contributed by atoms with van der Waals surface area (Å²) < 4.78 is 10.2.